The van der Waals surface area contributed by atoms with Gasteiger partial charge in [0.25, 0.3) is 0 Å². The molecule has 0 amide bonds. The number of aromatic hydroxyl groups is 1. The van der Waals surface area contributed by atoms with E-state index in [1.54, 1.807) is 18.2 Å². The molecular weight excluding hydrogens is 348 g/mol. The van der Waals surface area contributed by atoms with Crippen molar-refractivity contribution in [3.63, 3.8) is 0 Å². The van der Waals surface area contributed by atoms with E-state index in [4.69, 9.17) is 16.9 Å². The fraction of sp³-hybridized carbons (Fsp3) is 0.250. The van der Waals surface area contributed by atoms with E-state index in [-0.39, 0.29) is 11.2 Å². The summed E-state index contributed by atoms with van der Waals surface area (Å²) in [6.07, 6.45) is 1.18. The molecule has 0 saturated carbocycles. The Kier molecular flexibility index (Phi) is 5.69. The zero-order valence-corrected chi connectivity index (χ0v) is 16.0. The van der Waals surface area contributed by atoms with E-state index in [9.17, 15) is 5.11 Å². The first-order valence-electron chi connectivity index (χ1n) is 8.05. The molecule has 1 N–H and O–H groups in total. The van der Waals surface area contributed by atoms with E-state index in [1.165, 1.54) is 10.9 Å². The standard InChI is InChI=1S/C17H18ClN3O.C3H3N/c1-10-7-12(17(2,3)4)16(22)15(8-10)21-19-13-6-5-11(18)9-14(13)20-21;1-2-3-4/h5-9,22H,1-4H3;2H,1H2. The summed E-state index contributed by atoms with van der Waals surface area (Å²) in [5, 5.41) is 27.6. The highest BCUT2D eigenvalue weighted by atomic mass is 35.5. The highest BCUT2D eigenvalue weighted by Crippen LogP contribution is 2.36. The normalized spacial score (nSPS) is 10.8. The Morgan fingerprint density at radius 3 is 2.38 bits per heavy atom. The summed E-state index contributed by atoms with van der Waals surface area (Å²) in [4.78, 5) is 1.47. The maximum Gasteiger partial charge on any atom is 0.146 e. The van der Waals surface area contributed by atoms with Crippen LogP contribution in [0.3, 0.4) is 0 Å². The second kappa shape index (κ2) is 7.59. The van der Waals surface area contributed by atoms with Crippen molar-refractivity contribution in [1.82, 2.24) is 15.0 Å². The average Bonchev–Trinajstić information content (AvgIpc) is 2.98. The topological polar surface area (TPSA) is 74.7 Å². The van der Waals surface area contributed by atoms with E-state index in [0.29, 0.717) is 16.2 Å². The van der Waals surface area contributed by atoms with Crippen molar-refractivity contribution >= 4 is 22.6 Å². The quantitative estimate of drug-likeness (QED) is 0.607. The van der Waals surface area contributed by atoms with Crippen molar-refractivity contribution in [2.75, 3.05) is 0 Å². The minimum atomic E-state index is -0.166. The first-order valence-corrected chi connectivity index (χ1v) is 8.42. The van der Waals surface area contributed by atoms with Gasteiger partial charge in [0, 0.05) is 16.7 Å². The molecule has 0 unspecified atom stereocenters. The van der Waals surface area contributed by atoms with Crippen LogP contribution in [0.15, 0.2) is 43.0 Å². The third kappa shape index (κ3) is 4.22. The van der Waals surface area contributed by atoms with Gasteiger partial charge in [0.15, 0.2) is 0 Å². The van der Waals surface area contributed by atoms with Crippen molar-refractivity contribution in [2.24, 2.45) is 0 Å². The van der Waals surface area contributed by atoms with Gasteiger partial charge in [-0.1, -0.05) is 45.0 Å². The molecule has 134 valence electrons. The maximum absolute atomic E-state index is 10.7. The molecule has 0 spiro atoms. The number of allylic oxidation sites excluding steroid dienone is 1. The van der Waals surface area contributed by atoms with Crippen LogP contribution in [0.25, 0.3) is 16.7 Å². The van der Waals surface area contributed by atoms with E-state index >= 15 is 0 Å². The lowest BCUT2D eigenvalue weighted by Gasteiger charge is -2.22. The highest BCUT2D eigenvalue weighted by Gasteiger charge is 2.22. The van der Waals surface area contributed by atoms with Crippen LogP contribution in [0.4, 0.5) is 0 Å². The zero-order chi connectivity index (χ0) is 19.5. The van der Waals surface area contributed by atoms with E-state index < -0.39 is 0 Å². The molecule has 0 saturated heterocycles. The molecule has 6 heteroatoms. The monoisotopic (exact) mass is 368 g/mol. The lowest BCUT2D eigenvalue weighted by molar-refractivity contribution is 0.440. The molecule has 3 rings (SSSR count). The van der Waals surface area contributed by atoms with Crippen molar-refractivity contribution in [3.8, 4) is 17.5 Å². The minimum absolute atomic E-state index is 0.166. The predicted octanol–water partition coefficient (Wildman–Crippen LogP) is 5.08. The number of nitrogens with zero attached hydrogens (tertiary/aromatic N) is 4. The summed E-state index contributed by atoms with van der Waals surface area (Å²) in [5.41, 5.74) is 3.78. The summed E-state index contributed by atoms with van der Waals surface area (Å²) in [7, 11) is 0. The smallest absolute Gasteiger partial charge is 0.146 e. The SMILES string of the molecule is C=CC#N.Cc1cc(-n2nc3ccc(Cl)cc3n2)c(O)c(C(C)(C)C)c1. The predicted molar refractivity (Wildman–Crippen MR) is 105 cm³/mol. The first-order chi connectivity index (χ1) is 12.2. The van der Waals surface area contributed by atoms with Gasteiger partial charge in [0.1, 0.15) is 22.5 Å². The molecule has 0 atom stereocenters. The van der Waals surface area contributed by atoms with Gasteiger partial charge in [-0.3, -0.25) is 0 Å². The number of hydrogen-bond donors (Lipinski definition) is 1. The Morgan fingerprint density at radius 1 is 1.19 bits per heavy atom. The van der Waals surface area contributed by atoms with Crippen LogP contribution < -0.4 is 0 Å². The number of nitriles is 1. The summed E-state index contributed by atoms with van der Waals surface area (Å²) in [6.45, 7) is 11.3. The van der Waals surface area contributed by atoms with Crippen LogP contribution in [0, 0.1) is 18.3 Å². The maximum atomic E-state index is 10.7. The van der Waals surface area contributed by atoms with Crippen molar-refractivity contribution < 1.29 is 5.11 Å². The number of aromatic nitrogens is 3. The van der Waals surface area contributed by atoms with E-state index in [2.05, 4.69) is 37.5 Å². The van der Waals surface area contributed by atoms with Crippen LogP contribution in [-0.2, 0) is 5.41 Å². The van der Waals surface area contributed by atoms with Gasteiger partial charge in [-0.05, 0) is 42.2 Å². The minimum Gasteiger partial charge on any atom is -0.505 e. The third-order valence-electron chi connectivity index (χ3n) is 3.69. The molecule has 0 fully saturated rings. The van der Waals surface area contributed by atoms with Crippen LogP contribution in [-0.4, -0.2) is 20.1 Å². The molecule has 5 nitrogen and oxygen atoms in total. The number of phenolic OH excluding ortho intramolecular Hbond substituents is 1. The van der Waals surface area contributed by atoms with E-state index in [1.807, 2.05) is 25.1 Å². The van der Waals surface area contributed by atoms with Crippen LogP contribution >= 0.6 is 11.6 Å². The fourth-order valence-electron chi connectivity index (χ4n) is 2.48. The molecule has 2 aromatic carbocycles. The summed E-state index contributed by atoms with van der Waals surface area (Å²) in [6, 6.07) is 10.9. The Bertz CT molecular complexity index is 993. The molecule has 0 aliphatic rings. The molecular formula is C20H21ClN4O. The van der Waals surface area contributed by atoms with Gasteiger partial charge in [0.2, 0.25) is 0 Å². The first kappa shape index (κ1) is 19.5. The molecule has 0 radical (unpaired) electrons. The van der Waals surface area contributed by atoms with Gasteiger partial charge >= 0.3 is 0 Å². The number of hydrogen-bond acceptors (Lipinski definition) is 4. The second-order valence-corrected chi connectivity index (χ2v) is 7.32. The van der Waals surface area contributed by atoms with E-state index in [0.717, 1.165) is 16.6 Å². The lowest BCUT2D eigenvalue weighted by Crippen LogP contribution is -2.13. The average molecular weight is 369 g/mol. The van der Waals surface area contributed by atoms with Crippen molar-refractivity contribution in [3.05, 3.63) is 59.1 Å². The largest absolute Gasteiger partial charge is 0.505 e. The third-order valence-corrected chi connectivity index (χ3v) is 3.93. The number of phenols is 1. The van der Waals surface area contributed by atoms with Gasteiger partial charge in [-0.2, -0.15) is 5.26 Å². The van der Waals surface area contributed by atoms with Crippen molar-refractivity contribution in [2.45, 2.75) is 33.1 Å². The number of rotatable bonds is 1. The lowest BCUT2D eigenvalue weighted by atomic mass is 9.85. The van der Waals surface area contributed by atoms with Gasteiger partial charge < -0.3 is 5.11 Å². The number of benzene rings is 2. The molecule has 0 aliphatic heterocycles. The van der Waals surface area contributed by atoms with Crippen molar-refractivity contribution in [1.29, 1.82) is 5.26 Å². The second-order valence-electron chi connectivity index (χ2n) is 6.89. The molecule has 3 aromatic rings. The Balaban J connectivity index is 0.000000552. The number of halogens is 1. The van der Waals surface area contributed by atoms with Crippen LogP contribution in [0.2, 0.25) is 5.02 Å². The number of fused-ring (bicyclic) bond motifs is 1. The molecule has 0 bridgehead atoms. The Labute approximate surface area is 158 Å². The molecule has 0 aliphatic carbocycles. The highest BCUT2D eigenvalue weighted by molar-refractivity contribution is 6.31. The Morgan fingerprint density at radius 2 is 1.81 bits per heavy atom. The summed E-state index contributed by atoms with van der Waals surface area (Å²) < 4.78 is 0. The summed E-state index contributed by atoms with van der Waals surface area (Å²) in [5.74, 6) is 0.213. The number of aryl methyl sites for hydroxylation is 1. The summed E-state index contributed by atoms with van der Waals surface area (Å²) >= 11 is 5.99. The van der Waals surface area contributed by atoms with Crippen LogP contribution in [0.1, 0.15) is 31.9 Å². The van der Waals surface area contributed by atoms with Gasteiger partial charge in [-0.15, -0.1) is 15.0 Å². The molecule has 26 heavy (non-hydrogen) atoms. The van der Waals surface area contributed by atoms with Gasteiger partial charge in [0.05, 0.1) is 6.07 Å². The molecule has 1 aromatic heterocycles. The molecule has 1 heterocycles. The zero-order valence-electron chi connectivity index (χ0n) is 15.3. The fourth-order valence-corrected chi connectivity index (χ4v) is 2.65. The van der Waals surface area contributed by atoms with Gasteiger partial charge in [-0.25, -0.2) is 0 Å². The van der Waals surface area contributed by atoms with Crippen LogP contribution in [0.5, 0.6) is 5.75 Å². The Hall–Kier alpha value is -2.84.